The van der Waals surface area contributed by atoms with E-state index in [0.717, 1.165) is 5.56 Å². The van der Waals surface area contributed by atoms with Crippen LogP contribution in [0.25, 0.3) is 12.2 Å². The molecule has 0 aliphatic carbocycles. The van der Waals surface area contributed by atoms with Gasteiger partial charge < -0.3 is 4.52 Å². The van der Waals surface area contributed by atoms with Crippen molar-refractivity contribution < 1.29 is 9.45 Å². The molecule has 18 heavy (non-hydrogen) atoms. The maximum atomic E-state index is 10.8. The van der Waals surface area contributed by atoms with Gasteiger partial charge in [-0.15, -0.1) is 0 Å². The first-order valence-corrected chi connectivity index (χ1v) is 5.50. The number of rotatable bonds is 3. The van der Waals surface area contributed by atoms with E-state index in [-0.39, 0.29) is 17.1 Å². The molecule has 0 aliphatic rings. The van der Waals surface area contributed by atoms with Crippen LogP contribution in [0.3, 0.4) is 0 Å². The topological polar surface area (TPSA) is 69.2 Å². The highest BCUT2D eigenvalue weighted by Crippen LogP contribution is 2.24. The predicted molar refractivity (Wildman–Crippen MR) is 68.3 cm³/mol. The molecule has 0 fully saturated rings. The molecule has 0 atom stereocenters. The number of halogens is 1. The zero-order chi connectivity index (χ0) is 13.1. The van der Waals surface area contributed by atoms with E-state index in [4.69, 9.17) is 16.1 Å². The first-order valence-electron chi connectivity index (χ1n) is 5.12. The Morgan fingerprint density at radius 3 is 2.61 bits per heavy atom. The van der Waals surface area contributed by atoms with Crippen LogP contribution in [-0.4, -0.2) is 10.1 Å². The van der Waals surface area contributed by atoms with Crippen molar-refractivity contribution in [2.45, 2.75) is 6.92 Å². The molecule has 1 aromatic heterocycles. The molecular weight excluding hydrogens is 256 g/mol. The Balaban J connectivity index is 2.29. The molecule has 1 heterocycles. The van der Waals surface area contributed by atoms with Crippen LogP contribution >= 0.6 is 11.6 Å². The maximum Gasteiger partial charge on any atom is 0.338 e. The van der Waals surface area contributed by atoms with Gasteiger partial charge in [0.15, 0.2) is 5.69 Å². The normalized spacial score (nSPS) is 11.0. The van der Waals surface area contributed by atoms with Gasteiger partial charge >= 0.3 is 5.69 Å². The third-order valence-electron chi connectivity index (χ3n) is 2.34. The number of nitro groups is 1. The Hall–Kier alpha value is -2.14. The van der Waals surface area contributed by atoms with Gasteiger partial charge in [-0.1, -0.05) is 35.0 Å². The van der Waals surface area contributed by atoms with E-state index < -0.39 is 4.92 Å². The fourth-order valence-electron chi connectivity index (χ4n) is 1.46. The summed E-state index contributed by atoms with van der Waals surface area (Å²) in [5.41, 5.74) is 1.01. The Morgan fingerprint density at radius 2 is 2.00 bits per heavy atom. The molecule has 0 aliphatic heterocycles. The summed E-state index contributed by atoms with van der Waals surface area (Å²) in [7, 11) is 0. The van der Waals surface area contributed by atoms with Gasteiger partial charge in [0, 0.05) is 5.02 Å². The zero-order valence-electron chi connectivity index (χ0n) is 9.46. The van der Waals surface area contributed by atoms with E-state index in [1.807, 2.05) is 0 Å². The zero-order valence-corrected chi connectivity index (χ0v) is 10.2. The van der Waals surface area contributed by atoms with Crippen LogP contribution in [0.15, 0.2) is 28.8 Å². The molecule has 0 bridgehead atoms. The lowest BCUT2D eigenvalue weighted by atomic mass is 10.2. The SMILES string of the molecule is Cc1noc(/C=C\c2ccc(Cl)cc2)c1[N+](=O)[O-]. The Labute approximate surface area is 108 Å². The van der Waals surface area contributed by atoms with E-state index in [1.165, 1.54) is 13.0 Å². The molecule has 5 nitrogen and oxygen atoms in total. The van der Waals surface area contributed by atoms with Gasteiger partial charge in [-0.2, -0.15) is 0 Å². The van der Waals surface area contributed by atoms with Crippen molar-refractivity contribution >= 4 is 29.4 Å². The van der Waals surface area contributed by atoms with E-state index in [1.54, 1.807) is 30.3 Å². The number of aromatic nitrogens is 1. The fourth-order valence-corrected chi connectivity index (χ4v) is 1.59. The van der Waals surface area contributed by atoms with Gasteiger partial charge in [-0.3, -0.25) is 10.1 Å². The van der Waals surface area contributed by atoms with Crippen LogP contribution in [-0.2, 0) is 0 Å². The van der Waals surface area contributed by atoms with Gasteiger partial charge in [0.1, 0.15) is 0 Å². The molecule has 0 saturated carbocycles. The summed E-state index contributed by atoms with van der Waals surface area (Å²) in [4.78, 5) is 10.3. The summed E-state index contributed by atoms with van der Waals surface area (Å²) in [5, 5.41) is 15.0. The highest BCUT2D eigenvalue weighted by Gasteiger charge is 2.21. The summed E-state index contributed by atoms with van der Waals surface area (Å²) in [6, 6.07) is 7.07. The highest BCUT2D eigenvalue weighted by molar-refractivity contribution is 6.30. The molecular formula is C12H9ClN2O3. The summed E-state index contributed by atoms with van der Waals surface area (Å²) in [5.74, 6) is 0.132. The lowest BCUT2D eigenvalue weighted by molar-refractivity contribution is -0.386. The minimum atomic E-state index is -0.507. The van der Waals surface area contributed by atoms with Crippen LogP contribution in [0.1, 0.15) is 17.0 Å². The average molecular weight is 265 g/mol. The van der Waals surface area contributed by atoms with Crippen molar-refractivity contribution in [1.29, 1.82) is 0 Å². The van der Waals surface area contributed by atoms with Crippen LogP contribution < -0.4 is 0 Å². The van der Waals surface area contributed by atoms with E-state index in [2.05, 4.69) is 5.16 Å². The summed E-state index contributed by atoms with van der Waals surface area (Å²) in [6.45, 7) is 1.53. The van der Waals surface area contributed by atoms with Crippen LogP contribution in [0, 0.1) is 17.0 Å². The van der Waals surface area contributed by atoms with E-state index >= 15 is 0 Å². The molecule has 0 saturated heterocycles. The Kier molecular flexibility index (Phi) is 3.43. The van der Waals surface area contributed by atoms with Gasteiger partial charge in [-0.05, 0) is 30.7 Å². The van der Waals surface area contributed by atoms with Crippen molar-refractivity contribution in [2.24, 2.45) is 0 Å². The molecule has 0 spiro atoms. The number of aryl methyl sites for hydroxylation is 1. The molecule has 2 rings (SSSR count). The van der Waals surface area contributed by atoms with Crippen molar-refractivity contribution in [2.75, 3.05) is 0 Å². The third kappa shape index (κ3) is 2.57. The summed E-state index contributed by atoms with van der Waals surface area (Å²) < 4.78 is 4.90. The number of nitrogens with zero attached hydrogens (tertiary/aromatic N) is 2. The second-order valence-corrected chi connectivity index (χ2v) is 4.06. The first kappa shape index (κ1) is 12.3. The second kappa shape index (κ2) is 5.01. The minimum absolute atomic E-state index is 0.111. The van der Waals surface area contributed by atoms with Crippen LogP contribution in [0.2, 0.25) is 5.02 Å². The molecule has 0 unspecified atom stereocenters. The van der Waals surface area contributed by atoms with E-state index in [0.29, 0.717) is 5.02 Å². The summed E-state index contributed by atoms with van der Waals surface area (Å²) >= 11 is 5.76. The third-order valence-corrected chi connectivity index (χ3v) is 2.59. The lowest BCUT2D eigenvalue weighted by Crippen LogP contribution is -1.90. The second-order valence-electron chi connectivity index (χ2n) is 3.62. The van der Waals surface area contributed by atoms with Crippen LogP contribution in [0.5, 0.6) is 0 Å². The average Bonchev–Trinajstić information content (AvgIpc) is 2.70. The molecule has 0 amide bonds. The van der Waals surface area contributed by atoms with Gasteiger partial charge in [0.25, 0.3) is 0 Å². The Bertz CT molecular complexity index is 602. The molecule has 1 aromatic carbocycles. The van der Waals surface area contributed by atoms with Crippen molar-refractivity contribution in [3.63, 3.8) is 0 Å². The van der Waals surface area contributed by atoms with Crippen molar-refractivity contribution in [3.8, 4) is 0 Å². The van der Waals surface area contributed by atoms with Gasteiger partial charge in [-0.25, -0.2) is 0 Å². The fraction of sp³-hybridized carbons (Fsp3) is 0.0833. The molecule has 92 valence electrons. The first-order chi connectivity index (χ1) is 8.58. The molecule has 2 aromatic rings. The Morgan fingerprint density at radius 1 is 1.33 bits per heavy atom. The molecule has 6 heteroatoms. The smallest absolute Gasteiger partial charge is 0.338 e. The van der Waals surface area contributed by atoms with Crippen molar-refractivity contribution in [1.82, 2.24) is 5.16 Å². The summed E-state index contributed by atoms with van der Waals surface area (Å²) in [6.07, 6.45) is 3.21. The monoisotopic (exact) mass is 264 g/mol. The van der Waals surface area contributed by atoms with Crippen molar-refractivity contribution in [3.05, 3.63) is 56.4 Å². The molecule has 0 N–H and O–H groups in total. The maximum absolute atomic E-state index is 10.8. The lowest BCUT2D eigenvalue weighted by Gasteiger charge is -1.92. The molecule has 0 radical (unpaired) electrons. The van der Waals surface area contributed by atoms with E-state index in [9.17, 15) is 10.1 Å². The number of hydrogen-bond donors (Lipinski definition) is 0. The van der Waals surface area contributed by atoms with Crippen LogP contribution in [0.4, 0.5) is 5.69 Å². The minimum Gasteiger partial charge on any atom is -0.349 e. The highest BCUT2D eigenvalue weighted by atomic mass is 35.5. The standard InChI is InChI=1S/C12H9ClN2O3/c1-8-12(15(16)17)11(18-14-8)7-4-9-2-5-10(13)6-3-9/h2-7H,1H3/b7-4-. The van der Waals surface area contributed by atoms with Gasteiger partial charge in [0.05, 0.1) is 4.92 Å². The quantitative estimate of drug-likeness (QED) is 0.626. The number of benzene rings is 1. The predicted octanol–water partition coefficient (Wildman–Crippen LogP) is 3.72. The van der Waals surface area contributed by atoms with Gasteiger partial charge in [0.2, 0.25) is 5.76 Å². The number of hydrogen-bond acceptors (Lipinski definition) is 4. The largest absolute Gasteiger partial charge is 0.349 e.